The molecule has 1 aromatic heterocycles. The number of carbonyl (C=O) groups excluding carboxylic acids is 1. The van der Waals surface area contributed by atoms with Crippen LogP contribution in [0.5, 0.6) is 0 Å². The maximum absolute atomic E-state index is 14.1. The summed E-state index contributed by atoms with van der Waals surface area (Å²) in [7, 11) is 0. The van der Waals surface area contributed by atoms with Crippen LogP contribution in [0, 0.1) is 0 Å². The number of anilines is 1. The first-order valence-electron chi connectivity index (χ1n) is 7.29. The van der Waals surface area contributed by atoms with Gasteiger partial charge in [-0.05, 0) is 30.3 Å². The lowest BCUT2D eigenvalue weighted by molar-refractivity contribution is 0.0813. The fraction of sp³-hybridized carbons (Fsp3) is 0.312. The molecule has 1 unspecified atom stereocenters. The Morgan fingerprint density at radius 2 is 2.13 bits per heavy atom. The topological polar surface area (TPSA) is 57.5 Å². The largest absolute Gasteiger partial charge is 0.393 e. The molecule has 0 spiro atoms. The van der Waals surface area contributed by atoms with Crippen molar-refractivity contribution in [2.75, 3.05) is 25.0 Å². The molecule has 1 atom stereocenters. The van der Waals surface area contributed by atoms with Crippen LogP contribution in [-0.2, 0) is 0 Å². The molecule has 2 aromatic rings. The van der Waals surface area contributed by atoms with Crippen molar-refractivity contribution in [2.45, 2.75) is 12.1 Å². The number of carbonyl (C=O) groups is 1. The number of aromatic nitrogens is 1. The molecule has 122 valence electrons. The normalized spacial score (nSPS) is 20.7. The Balaban J connectivity index is 1.80. The van der Waals surface area contributed by atoms with E-state index in [0.29, 0.717) is 10.7 Å². The Kier molecular flexibility index (Phi) is 4.28. The molecule has 1 fully saturated rings. The summed E-state index contributed by atoms with van der Waals surface area (Å²) in [6.07, 6.45) is 3.83. The van der Waals surface area contributed by atoms with Crippen LogP contribution in [0.1, 0.15) is 6.42 Å². The van der Waals surface area contributed by atoms with Gasteiger partial charge in [-0.2, -0.15) is 0 Å². The molecule has 1 aromatic carbocycles. The van der Waals surface area contributed by atoms with Gasteiger partial charge in [-0.3, -0.25) is 0 Å². The standard InChI is InChI=1S/C16H17ClFN3O2/c17-12-3-4-13(14(9-12)20-6-1-2-7-20)19-15(23)21-8-5-16(18,10-21)11-22/h1-4,6-7,9,22H,5,8,10-11H2,(H,19,23). The van der Waals surface area contributed by atoms with Gasteiger partial charge in [0.25, 0.3) is 0 Å². The molecule has 23 heavy (non-hydrogen) atoms. The molecule has 2 heterocycles. The van der Waals surface area contributed by atoms with Crippen molar-refractivity contribution in [1.29, 1.82) is 0 Å². The number of urea groups is 1. The van der Waals surface area contributed by atoms with E-state index in [4.69, 9.17) is 16.7 Å². The summed E-state index contributed by atoms with van der Waals surface area (Å²) < 4.78 is 15.9. The van der Waals surface area contributed by atoms with Gasteiger partial charge in [0.2, 0.25) is 0 Å². The summed E-state index contributed by atoms with van der Waals surface area (Å²) in [5.74, 6) is 0. The molecule has 3 rings (SSSR count). The van der Waals surface area contributed by atoms with Gasteiger partial charge in [0.05, 0.1) is 24.5 Å². The van der Waals surface area contributed by atoms with E-state index in [-0.39, 0.29) is 19.5 Å². The molecule has 0 radical (unpaired) electrons. The quantitative estimate of drug-likeness (QED) is 0.904. The average molecular weight is 338 g/mol. The van der Waals surface area contributed by atoms with E-state index in [2.05, 4.69) is 5.32 Å². The van der Waals surface area contributed by atoms with Gasteiger partial charge in [-0.25, -0.2) is 9.18 Å². The third-order valence-electron chi connectivity index (χ3n) is 3.96. The van der Waals surface area contributed by atoms with Crippen LogP contribution >= 0.6 is 11.6 Å². The number of benzene rings is 1. The van der Waals surface area contributed by atoms with Crippen molar-refractivity contribution < 1.29 is 14.3 Å². The molecular formula is C16H17ClFN3O2. The summed E-state index contributed by atoms with van der Waals surface area (Å²) in [6.45, 7) is -0.413. The monoisotopic (exact) mass is 337 g/mol. The molecule has 1 aliphatic rings. The number of rotatable bonds is 3. The number of aliphatic hydroxyl groups excluding tert-OH is 1. The lowest BCUT2D eigenvalue weighted by atomic mass is 10.1. The SMILES string of the molecule is O=C(Nc1ccc(Cl)cc1-n1cccc1)N1CCC(F)(CO)C1. The Morgan fingerprint density at radius 1 is 1.39 bits per heavy atom. The van der Waals surface area contributed by atoms with Crippen molar-refractivity contribution in [1.82, 2.24) is 9.47 Å². The van der Waals surface area contributed by atoms with Crippen molar-refractivity contribution in [3.05, 3.63) is 47.7 Å². The summed E-state index contributed by atoms with van der Waals surface area (Å²) in [4.78, 5) is 13.7. The van der Waals surface area contributed by atoms with Crippen LogP contribution < -0.4 is 5.32 Å². The molecule has 1 aliphatic heterocycles. The maximum atomic E-state index is 14.1. The minimum Gasteiger partial charge on any atom is -0.393 e. The van der Waals surface area contributed by atoms with Crippen molar-refractivity contribution in [2.24, 2.45) is 0 Å². The minimum absolute atomic E-state index is 0.109. The third-order valence-corrected chi connectivity index (χ3v) is 4.19. The van der Waals surface area contributed by atoms with Crippen LogP contribution in [-0.4, -0.2) is 46.0 Å². The van der Waals surface area contributed by atoms with E-state index in [9.17, 15) is 9.18 Å². The zero-order valence-electron chi connectivity index (χ0n) is 12.4. The average Bonchev–Trinajstić information content (AvgIpc) is 3.19. The second kappa shape index (κ2) is 6.22. The fourth-order valence-electron chi connectivity index (χ4n) is 2.65. The van der Waals surface area contributed by atoms with Gasteiger partial charge in [-0.1, -0.05) is 11.6 Å². The number of likely N-dealkylation sites (tertiary alicyclic amines) is 1. The van der Waals surface area contributed by atoms with Crippen LogP contribution in [0.3, 0.4) is 0 Å². The van der Waals surface area contributed by atoms with Gasteiger partial charge >= 0.3 is 6.03 Å². The fourth-order valence-corrected chi connectivity index (χ4v) is 2.82. The first-order chi connectivity index (χ1) is 11.0. The Hall–Kier alpha value is -2.05. The second-order valence-electron chi connectivity index (χ2n) is 5.66. The highest BCUT2D eigenvalue weighted by molar-refractivity contribution is 6.30. The molecule has 2 N–H and O–H groups in total. The summed E-state index contributed by atoms with van der Waals surface area (Å²) in [6, 6.07) is 8.47. The number of hydrogen-bond donors (Lipinski definition) is 2. The van der Waals surface area contributed by atoms with Gasteiger partial charge < -0.3 is 19.9 Å². The van der Waals surface area contributed by atoms with Crippen molar-refractivity contribution in [3.63, 3.8) is 0 Å². The summed E-state index contributed by atoms with van der Waals surface area (Å²) in [5.41, 5.74) is -0.402. The van der Waals surface area contributed by atoms with Gasteiger partial charge in [0.15, 0.2) is 5.67 Å². The van der Waals surface area contributed by atoms with Gasteiger partial charge in [0.1, 0.15) is 0 Å². The van der Waals surface area contributed by atoms with Crippen molar-refractivity contribution in [3.8, 4) is 5.69 Å². The maximum Gasteiger partial charge on any atom is 0.322 e. The molecule has 1 saturated heterocycles. The zero-order chi connectivity index (χ0) is 16.4. The highest BCUT2D eigenvalue weighted by Gasteiger charge is 2.39. The molecule has 0 bridgehead atoms. The van der Waals surface area contributed by atoms with Crippen molar-refractivity contribution >= 4 is 23.3 Å². The molecule has 7 heteroatoms. The zero-order valence-corrected chi connectivity index (χ0v) is 13.1. The minimum atomic E-state index is -1.71. The first kappa shape index (κ1) is 15.8. The number of hydrogen-bond acceptors (Lipinski definition) is 2. The molecule has 2 amide bonds. The number of amides is 2. The summed E-state index contributed by atoms with van der Waals surface area (Å²) in [5, 5.41) is 12.4. The van der Waals surface area contributed by atoms with Crippen LogP contribution in [0.4, 0.5) is 14.9 Å². The predicted molar refractivity (Wildman–Crippen MR) is 86.9 cm³/mol. The highest BCUT2D eigenvalue weighted by Crippen LogP contribution is 2.28. The number of nitrogens with one attached hydrogen (secondary N) is 1. The number of halogens is 2. The smallest absolute Gasteiger partial charge is 0.322 e. The Morgan fingerprint density at radius 3 is 2.78 bits per heavy atom. The highest BCUT2D eigenvalue weighted by atomic mass is 35.5. The predicted octanol–water partition coefficient (Wildman–Crippen LogP) is 3.07. The van der Waals surface area contributed by atoms with Gasteiger partial charge in [-0.15, -0.1) is 0 Å². The van der Waals surface area contributed by atoms with E-state index < -0.39 is 18.3 Å². The van der Waals surface area contributed by atoms with Crippen LogP contribution in [0.25, 0.3) is 5.69 Å². The Bertz CT molecular complexity index is 707. The number of aliphatic hydroxyl groups is 1. The van der Waals surface area contributed by atoms with E-state index in [1.165, 1.54) is 4.90 Å². The second-order valence-corrected chi connectivity index (χ2v) is 6.10. The number of alkyl halides is 1. The Labute approximate surface area is 138 Å². The lowest BCUT2D eigenvalue weighted by Gasteiger charge is -2.20. The summed E-state index contributed by atoms with van der Waals surface area (Å²) >= 11 is 6.04. The van der Waals surface area contributed by atoms with Crippen LogP contribution in [0.2, 0.25) is 5.02 Å². The lowest BCUT2D eigenvalue weighted by Crippen LogP contribution is -2.37. The van der Waals surface area contributed by atoms with Gasteiger partial charge in [0, 0.05) is 30.4 Å². The molecule has 5 nitrogen and oxygen atoms in total. The molecule has 0 saturated carbocycles. The van der Waals surface area contributed by atoms with Crippen LogP contribution in [0.15, 0.2) is 42.7 Å². The first-order valence-corrected chi connectivity index (χ1v) is 7.67. The van der Waals surface area contributed by atoms with E-state index >= 15 is 0 Å². The van der Waals surface area contributed by atoms with E-state index in [1.807, 2.05) is 29.1 Å². The molecule has 0 aliphatic carbocycles. The molecular weight excluding hydrogens is 321 g/mol. The van der Waals surface area contributed by atoms with E-state index in [1.54, 1.807) is 18.2 Å². The number of nitrogens with zero attached hydrogens (tertiary/aromatic N) is 2. The van der Waals surface area contributed by atoms with E-state index in [0.717, 1.165) is 5.69 Å². The third kappa shape index (κ3) is 3.33.